The van der Waals surface area contributed by atoms with E-state index >= 15 is 0 Å². The third-order valence-corrected chi connectivity index (χ3v) is 4.74. The van der Waals surface area contributed by atoms with Crippen LogP contribution in [0.15, 0.2) is 24.3 Å². The van der Waals surface area contributed by atoms with Gasteiger partial charge in [0.25, 0.3) is 0 Å². The van der Waals surface area contributed by atoms with Gasteiger partial charge in [-0.05, 0) is 30.0 Å². The van der Waals surface area contributed by atoms with E-state index in [-0.39, 0.29) is 17.2 Å². The van der Waals surface area contributed by atoms with Crippen LogP contribution in [0.5, 0.6) is 0 Å². The highest BCUT2D eigenvalue weighted by Crippen LogP contribution is 2.27. The zero-order valence-electron chi connectivity index (χ0n) is 12.5. The number of sulfone groups is 1. The zero-order valence-corrected chi connectivity index (χ0v) is 13.3. The van der Waals surface area contributed by atoms with Gasteiger partial charge >= 0.3 is 0 Å². The Bertz CT molecular complexity index is 503. The maximum atomic E-state index is 11.4. The Hall–Kier alpha value is -0.870. The highest BCUT2D eigenvalue weighted by atomic mass is 32.2. The largest absolute Gasteiger partial charge is 0.312 e. The van der Waals surface area contributed by atoms with Gasteiger partial charge < -0.3 is 5.32 Å². The second-order valence-corrected chi connectivity index (χ2v) is 7.98. The predicted octanol–water partition coefficient (Wildman–Crippen LogP) is 2.68. The molecular weight excluding hydrogens is 258 g/mol. The van der Waals surface area contributed by atoms with Crippen molar-refractivity contribution >= 4 is 9.84 Å². The summed E-state index contributed by atoms with van der Waals surface area (Å²) in [4.78, 5) is 0. The molecule has 19 heavy (non-hydrogen) atoms. The molecule has 1 N–H and O–H groups in total. The maximum Gasteiger partial charge on any atom is 0.149 e. The molecule has 0 aromatic heterocycles. The molecule has 108 valence electrons. The Morgan fingerprint density at radius 1 is 1.21 bits per heavy atom. The minimum atomic E-state index is -2.99. The molecule has 4 heteroatoms. The van der Waals surface area contributed by atoms with Crippen LogP contribution in [-0.2, 0) is 15.3 Å². The molecule has 1 rings (SSSR count). The van der Waals surface area contributed by atoms with E-state index in [4.69, 9.17) is 0 Å². The van der Waals surface area contributed by atoms with Gasteiger partial charge in [0, 0.05) is 12.3 Å². The average molecular weight is 283 g/mol. The Morgan fingerprint density at radius 3 is 2.11 bits per heavy atom. The van der Waals surface area contributed by atoms with Crippen LogP contribution in [0.25, 0.3) is 0 Å². The summed E-state index contributed by atoms with van der Waals surface area (Å²) in [7, 11) is -1.20. The third kappa shape index (κ3) is 4.62. The SMILES string of the molecule is CCC(C)(C)c1ccc(C(CS(C)(=O)=O)NC)cc1. The van der Waals surface area contributed by atoms with E-state index in [1.54, 1.807) is 7.05 Å². The van der Waals surface area contributed by atoms with Crippen LogP contribution in [0.3, 0.4) is 0 Å². The molecule has 1 unspecified atom stereocenters. The lowest BCUT2D eigenvalue weighted by Crippen LogP contribution is -2.25. The van der Waals surface area contributed by atoms with Gasteiger partial charge in [0.05, 0.1) is 5.75 Å². The fraction of sp³-hybridized carbons (Fsp3) is 0.600. The normalized spacial score (nSPS) is 14.4. The van der Waals surface area contributed by atoms with E-state index < -0.39 is 9.84 Å². The fourth-order valence-corrected chi connectivity index (χ4v) is 2.98. The van der Waals surface area contributed by atoms with Crippen LogP contribution in [0.1, 0.15) is 44.4 Å². The second-order valence-electron chi connectivity index (χ2n) is 5.79. The first kappa shape index (κ1) is 16.2. The lowest BCUT2D eigenvalue weighted by atomic mass is 9.82. The van der Waals surface area contributed by atoms with Crippen LogP contribution in [-0.4, -0.2) is 27.5 Å². The molecule has 0 heterocycles. The molecule has 0 saturated carbocycles. The number of nitrogens with one attached hydrogen (secondary N) is 1. The Kier molecular flexibility index (Phi) is 5.16. The van der Waals surface area contributed by atoms with Crippen molar-refractivity contribution in [1.29, 1.82) is 0 Å². The number of hydrogen-bond donors (Lipinski definition) is 1. The van der Waals surface area contributed by atoms with Crippen molar-refractivity contribution in [2.24, 2.45) is 0 Å². The molecule has 1 aromatic carbocycles. The molecule has 0 aliphatic heterocycles. The van der Waals surface area contributed by atoms with Crippen molar-refractivity contribution < 1.29 is 8.42 Å². The van der Waals surface area contributed by atoms with Crippen LogP contribution < -0.4 is 5.32 Å². The minimum Gasteiger partial charge on any atom is -0.312 e. The van der Waals surface area contributed by atoms with Crippen LogP contribution >= 0.6 is 0 Å². The summed E-state index contributed by atoms with van der Waals surface area (Å²) in [6.07, 6.45) is 2.34. The van der Waals surface area contributed by atoms with Crippen molar-refractivity contribution in [2.75, 3.05) is 19.1 Å². The summed E-state index contributed by atoms with van der Waals surface area (Å²) in [5, 5.41) is 3.07. The molecular formula is C15H25NO2S. The van der Waals surface area contributed by atoms with Gasteiger partial charge in [-0.3, -0.25) is 0 Å². The van der Waals surface area contributed by atoms with Gasteiger partial charge in [-0.15, -0.1) is 0 Å². The summed E-state index contributed by atoms with van der Waals surface area (Å²) in [5.74, 6) is 0.125. The van der Waals surface area contributed by atoms with Crippen LogP contribution in [0.4, 0.5) is 0 Å². The van der Waals surface area contributed by atoms with Crippen LogP contribution in [0, 0.1) is 0 Å². The Balaban J connectivity index is 2.97. The zero-order chi connectivity index (χ0) is 14.7. The average Bonchev–Trinajstić information content (AvgIpc) is 2.35. The lowest BCUT2D eigenvalue weighted by Gasteiger charge is -2.24. The lowest BCUT2D eigenvalue weighted by molar-refractivity contribution is 0.505. The van der Waals surface area contributed by atoms with Crippen LogP contribution in [0.2, 0.25) is 0 Å². The van der Waals surface area contributed by atoms with Gasteiger partial charge in [-0.25, -0.2) is 8.42 Å². The van der Waals surface area contributed by atoms with Crippen molar-refractivity contribution in [2.45, 2.75) is 38.6 Å². The highest BCUT2D eigenvalue weighted by Gasteiger charge is 2.19. The first-order chi connectivity index (χ1) is 8.69. The third-order valence-electron chi connectivity index (χ3n) is 3.80. The topological polar surface area (TPSA) is 46.2 Å². The summed E-state index contributed by atoms with van der Waals surface area (Å²) in [5.41, 5.74) is 2.46. The fourth-order valence-electron chi connectivity index (χ4n) is 2.02. The standard InChI is InChI=1S/C15H25NO2S/c1-6-15(2,3)13-9-7-12(8-10-13)14(16-4)11-19(5,17)18/h7-10,14,16H,6,11H2,1-5H3. The highest BCUT2D eigenvalue weighted by molar-refractivity contribution is 7.90. The van der Waals surface area contributed by atoms with E-state index in [1.807, 2.05) is 12.1 Å². The van der Waals surface area contributed by atoms with Gasteiger partial charge in [-0.1, -0.05) is 45.0 Å². The van der Waals surface area contributed by atoms with E-state index in [0.29, 0.717) is 0 Å². The van der Waals surface area contributed by atoms with E-state index in [9.17, 15) is 8.42 Å². The first-order valence-corrected chi connectivity index (χ1v) is 8.71. The van der Waals surface area contributed by atoms with Gasteiger partial charge in [-0.2, -0.15) is 0 Å². The van der Waals surface area contributed by atoms with Gasteiger partial charge in [0.15, 0.2) is 0 Å². The molecule has 0 aliphatic rings. The summed E-state index contributed by atoms with van der Waals surface area (Å²) in [6.45, 7) is 6.61. The van der Waals surface area contributed by atoms with E-state index in [1.165, 1.54) is 11.8 Å². The molecule has 0 amide bonds. The van der Waals surface area contributed by atoms with Crippen molar-refractivity contribution in [3.63, 3.8) is 0 Å². The molecule has 3 nitrogen and oxygen atoms in total. The number of hydrogen-bond acceptors (Lipinski definition) is 3. The molecule has 1 atom stereocenters. The van der Waals surface area contributed by atoms with Crippen molar-refractivity contribution in [3.05, 3.63) is 35.4 Å². The molecule has 0 saturated heterocycles. The molecule has 0 aliphatic carbocycles. The van der Waals surface area contributed by atoms with E-state index in [0.717, 1.165) is 12.0 Å². The smallest absolute Gasteiger partial charge is 0.149 e. The monoisotopic (exact) mass is 283 g/mol. The molecule has 0 fully saturated rings. The number of benzene rings is 1. The van der Waals surface area contributed by atoms with Crippen molar-refractivity contribution in [1.82, 2.24) is 5.32 Å². The quantitative estimate of drug-likeness (QED) is 0.873. The Labute approximate surface area is 117 Å². The van der Waals surface area contributed by atoms with E-state index in [2.05, 4.69) is 38.2 Å². The first-order valence-electron chi connectivity index (χ1n) is 6.65. The van der Waals surface area contributed by atoms with Crippen molar-refractivity contribution in [3.8, 4) is 0 Å². The minimum absolute atomic E-state index is 0.125. The molecule has 1 aromatic rings. The summed E-state index contributed by atoms with van der Waals surface area (Å²) >= 11 is 0. The summed E-state index contributed by atoms with van der Waals surface area (Å²) in [6, 6.07) is 8.11. The second kappa shape index (κ2) is 6.06. The number of rotatable bonds is 6. The van der Waals surface area contributed by atoms with Gasteiger partial charge in [0.2, 0.25) is 0 Å². The molecule has 0 bridgehead atoms. The molecule has 0 radical (unpaired) electrons. The molecule has 0 spiro atoms. The maximum absolute atomic E-state index is 11.4. The van der Waals surface area contributed by atoms with Gasteiger partial charge in [0.1, 0.15) is 9.84 Å². The predicted molar refractivity (Wildman–Crippen MR) is 81.3 cm³/mol. The summed E-state index contributed by atoms with van der Waals surface area (Å²) < 4.78 is 22.8. The Morgan fingerprint density at radius 2 is 1.74 bits per heavy atom.